The number of anilines is 1. The van der Waals surface area contributed by atoms with Crippen molar-refractivity contribution in [3.8, 4) is 5.75 Å². The molecule has 0 aromatic heterocycles. The molecule has 7 nitrogen and oxygen atoms in total. The van der Waals surface area contributed by atoms with Crippen molar-refractivity contribution >= 4 is 23.5 Å². The minimum atomic E-state index is -1.09. The maximum Gasteiger partial charge on any atom is 0.325 e. The van der Waals surface area contributed by atoms with E-state index in [1.807, 2.05) is 60.7 Å². The Bertz CT molecular complexity index is 1290. The van der Waals surface area contributed by atoms with Crippen molar-refractivity contribution < 1.29 is 19.1 Å². The van der Waals surface area contributed by atoms with E-state index in [0.29, 0.717) is 18.5 Å². The highest BCUT2D eigenvalue weighted by atomic mass is 16.5. The Morgan fingerprint density at radius 1 is 1.06 bits per heavy atom. The van der Waals surface area contributed by atoms with Gasteiger partial charge in [-0.15, -0.1) is 0 Å². The SMILES string of the molecule is COc1ccc(NC(=O)CN2C(=O)NC3(CCCc4ccccc43)C2=O)cc1Cc1ccccc1. The average molecular weight is 470 g/mol. The number of aryl methyl sites for hydroxylation is 1. The molecule has 3 aromatic carbocycles. The summed E-state index contributed by atoms with van der Waals surface area (Å²) in [6, 6.07) is 22.5. The Kier molecular flexibility index (Phi) is 5.99. The smallest absolute Gasteiger partial charge is 0.325 e. The van der Waals surface area contributed by atoms with Crippen molar-refractivity contribution in [2.75, 3.05) is 19.0 Å². The Hall–Kier alpha value is -4.13. The van der Waals surface area contributed by atoms with Gasteiger partial charge in [0.1, 0.15) is 17.8 Å². The second-order valence-electron chi connectivity index (χ2n) is 8.97. The number of nitrogens with zero attached hydrogens (tertiary/aromatic N) is 1. The van der Waals surface area contributed by atoms with Gasteiger partial charge in [-0.25, -0.2) is 4.79 Å². The van der Waals surface area contributed by atoms with Crippen LogP contribution in [-0.4, -0.2) is 36.4 Å². The average Bonchev–Trinajstić information content (AvgIpc) is 3.10. The molecule has 1 saturated heterocycles. The molecular weight excluding hydrogens is 442 g/mol. The number of carbonyl (C=O) groups excluding carboxylic acids is 3. The highest BCUT2D eigenvalue weighted by Gasteiger charge is 2.54. The van der Waals surface area contributed by atoms with E-state index in [9.17, 15) is 14.4 Å². The van der Waals surface area contributed by atoms with Gasteiger partial charge in [-0.1, -0.05) is 54.6 Å². The monoisotopic (exact) mass is 469 g/mol. The fourth-order valence-corrected chi connectivity index (χ4v) is 5.11. The molecular formula is C28H27N3O4. The maximum atomic E-state index is 13.4. The van der Waals surface area contributed by atoms with E-state index in [1.54, 1.807) is 19.2 Å². The van der Waals surface area contributed by atoms with Crippen LogP contribution >= 0.6 is 0 Å². The summed E-state index contributed by atoms with van der Waals surface area (Å²) in [6.45, 7) is -0.353. The molecule has 1 heterocycles. The minimum absolute atomic E-state index is 0.353. The van der Waals surface area contributed by atoms with E-state index in [4.69, 9.17) is 4.74 Å². The van der Waals surface area contributed by atoms with Crippen molar-refractivity contribution in [3.63, 3.8) is 0 Å². The van der Waals surface area contributed by atoms with Gasteiger partial charge in [-0.05, 0) is 54.2 Å². The first kappa shape index (κ1) is 22.7. The molecule has 0 saturated carbocycles. The Morgan fingerprint density at radius 3 is 2.63 bits per heavy atom. The van der Waals surface area contributed by atoms with Crippen LogP contribution in [0.1, 0.15) is 35.1 Å². The number of methoxy groups -OCH3 is 1. The van der Waals surface area contributed by atoms with Crippen LogP contribution in [0.2, 0.25) is 0 Å². The molecule has 178 valence electrons. The summed E-state index contributed by atoms with van der Waals surface area (Å²) in [7, 11) is 1.61. The summed E-state index contributed by atoms with van der Waals surface area (Å²) in [5.41, 5.74) is 3.41. The van der Waals surface area contributed by atoms with E-state index in [2.05, 4.69) is 10.6 Å². The lowest BCUT2D eigenvalue weighted by Crippen LogP contribution is -2.47. The van der Waals surface area contributed by atoms with Crippen LogP contribution in [0.15, 0.2) is 72.8 Å². The summed E-state index contributed by atoms with van der Waals surface area (Å²) >= 11 is 0. The van der Waals surface area contributed by atoms with Crippen LogP contribution in [0.4, 0.5) is 10.5 Å². The van der Waals surface area contributed by atoms with Gasteiger partial charge < -0.3 is 15.4 Å². The van der Waals surface area contributed by atoms with E-state index in [1.165, 1.54) is 0 Å². The van der Waals surface area contributed by atoms with Gasteiger partial charge in [0, 0.05) is 17.7 Å². The van der Waals surface area contributed by atoms with Gasteiger partial charge in [0.15, 0.2) is 0 Å². The number of hydrogen-bond acceptors (Lipinski definition) is 4. The van der Waals surface area contributed by atoms with Gasteiger partial charge in [0.05, 0.1) is 7.11 Å². The molecule has 2 aliphatic rings. The summed E-state index contributed by atoms with van der Waals surface area (Å²) < 4.78 is 5.49. The topological polar surface area (TPSA) is 87.7 Å². The molecule has 4 amide bonds. The van der Waals surface area contributed by atoms with Gasteiger partial charge in [0.2, 0.25) is 5.91 Å². The fourth-order valence-electron chi connectivity index (χ4n) is 5.11. The van der Waals surface area contributed by atoms with Crippen molar-refractivity contribution in [3.05, 3.63) is 95.1 Å². The number of imide groups is 1. The molecule has 1 atom stereocenters. The van der Waals surface area contributed by atoms with Crippen molar-refractivity contribution in [2.24, 2.45) is 0 Å². The zero-order valence-electron chi connectivity index (χ0n) is 19.5. The van der Waals surface area contributed by atoms with E-state index in [0.717, 1.165) is 45.7 Å². The van der Waals surface area contributed by atoms with E-state index >= 15 is 0 Å². The third-order valence-electron chi connectivity index (χ3n) is 6.75. The third kappa shape index (κ3) is 4.25. The number of fused-ring (bicyclic) bond motifs is 2. The summed E-state index contributed by atoms with van der Waals surface area (Å²) in [5.74, 6) is -0.0892. The molecule has 1 aliphatic carbocycles. The summed E-state index contributed by atoms with van der Waals surface area (Å²) in [4.78, 5) is 40.1. The molecule has 3 aromatic rings. The Labute approximate surface area is 204 Å². The van der Waals surface area contributed by atoms with Crippen molar-refractivity contribution in [1.29, 1.82) is 0 Å². The Morgan fingerprint density at radius 2 is 1.83 bits per heavy atom. The van der Waals surface area contributed by atoms with Gasteiger partial charge in [-0.2, -0.15) is 0 Å². The number of ether oxygens (including phenoxy) is 1. The van der Waals surface area contributed by atoms with E-state index < -0.39 is 17.5 Å². The molecule has 35 heavy (non-hydrogen) atoms. The molecule has 1 fully saturated rings. The molecule has 5 rings (SSSR count). The summed E-state index contributed by atoms with van der Waals surface area (Å²) in [6.07, 6.45) is 2.82. The zero-order chi connectivity index (χ0) is 24.4. The zero-order valence-corrected chi connectivity index (χ0v) is 19.5. The first-order valence-electron chi connectivity index (χ1n) is 11.7. The van der Waals surface area contributed by atoms with Crippen LogP contribution in [0.3, 0.4) is 0 Å². The van der Waals surface area contributed by atoms with Crippen LogP contribution < -0.4 is 15.4 Å². The van der Waals surface area contributed by atoms with Crippen LogP contribution in [0, 0.1) is 0 Å². The van der Waals surface area contributed by atoms with E-state index in [-0.39, 0.29) is 12.5 Å². The predicted octanol–water partition coefficient (Wildman–Crippen LogP) is 4.01. The number of rotatable bonds is 6. The first-order valence-corrected chi connectivity index (χ1v) is 11.7. The lowest BCUT2D eigenvalue weighted by Gasteiger charge is -2.33. The molecule has 1 spiro atoms. The van der Waals surface area contributed by atoms with Crippen LogP contribution in [0.5, 0.6) is 5.75 Å². The number of hydrogen-bond donors (Lipinski definition) is 2. The normalized spacial score (nSPS) is 18.8. The lowest BCUT2D eigenvalue weighted by atomic mass is 9.76. The number of urea groups is 1. The second-order valence-corrected chi connectivity index (χ2v) is 8.97. The van der Waals surface area contributed by atoms with Gasteiger partial charge >= 0.3 is 6.03 Å². The van der Waals surface area contributed by atoms with Crippen molar-refractivity contribution in [2.45, 2.75) is 31.2 Å². The van der Waals surface area contributed by atoms with Gasteiger partial charge in [-0.3, -0.25) is 14.5 Å². The third-order valence-corrected chi connectivity index (χ3v) is 6.75. The molecule has 2 N–H and O–H groups in total. The Balaban J connectivity index is 1.32. The first-order chi connectivity index (χ1) is 17.0. The largest absolute Gasteiger partial charge is 0.496 e. The molecule has 0 radical (unpaired) electrons. The van der Waals surface area contributed by atoms with Crippen LogP contribution in [-0.2, 0) is 28.0 Å². The second kappa shape index (κ2) is 9.25. The standard InChI is InChI=1S/C28H27N3O4/c1-35-24-14-13-22(17-21(24)16-19-8-3-2-4-9-19)29-25(32)18-31-26(33)28(30-27(31)34)15-7-11-20-10-5-6-12-23(20)28/h2-6,8-10,12-14,17H,7,11,15-16,18H2,1H3,(H,29,32)(H,30,34). The minimum Gasteiger partial charge on any atom is -0.496 e. The molecule has 7 heteroatoms. The molecule has 1 unspecified atom stereocenters. The number of amides is 4. The fraction of sp³-hybridized carbons (Fsp3) is 0.250. The number of carbonyl (C=O) groups is 3. The van der Waals surface area contributed by atoms with Crippen molar-refractivity contribution in [1.82, 2.24) is 10.2 Å². The highest BCUT2D eigenvalue weighted by molar-refractivity contribution is 6.10. The highest BCUT2D eigenvalue weighted by Crippen LogP contribution is 2.39. The number of benzene rings is 3. The quantitative estimate of drug-likeness (QED) is 0.534. The predicted molar refractivity (Wildman–Crippen MR) is 132 cm³/mol. The number of nitrogens with one attached hydrogen (secondary N) is 2. The molecule has 0 bridgehead atoms. The lowest BCUT2D eigenvalue weighted by molar-refractivity contribution is -0.134. The molecule has 1 aliphatic heterocycles. The van der Waals surface area contributed by atoms with Gasteiger partial charge in [0.25, 0.3) is 5.91 Å². The summed E-state index contributed by atoms with van der Waals surface area (Å²) in [5, 5.41) is 5.72. The maximum absolute atomic E-state index is 13.4. The van der Waals surface area contributed by atoms with Crippen LogP contribution in [0.25, 0.3) is 0 Å².